The van der Waals surface area contributed by atoms with E-state index < -0.39 is 0 Å². The van der Waals surface area contributed by atoms with Gasteiger partial charge in [0.15, 0.2) is 0 Å². The molecule has 1 heteroatoms. The first-order valence-corrected chi connectivity index (χ1v) is 11.2. The average molecular weight is 269 g/mol. The van der Waals surface area contributed by atoms with Gasteiger partial charge in [-0.1, -0.05) is 103 Å². The molecular formula is C17H36Si. The summed E-state index contributed by atoms with van der Waals surface area (Å²) in [5.74, 6) is 0. The highest BCUT2D eigenvalue weighted by Gasteiger charge is 2.25. The molecule has 108 valence electrons. The summed E-state index contributed by atoms with van der Waals surface area (Å²) in [6.07, 6.45) is 18.2. The van der Waals surface area contributed by atoms with E-state index in [0.29, 0.717) is 0 Å². The second kappa shape index (κ2) is 11.1. The molecule has 0 aliphatic heterocycles. The Hall–Kier alpha value is 0.217. The van der Waals surface area contributed by atoms with E-state index in [4.69, 9.17) is 0 Å². The van der Waals surface area contributed by atoms with Gasteiger partial charge in [0.1, 0.15) is 0 Å². The molecule has 0 saturated heterocycles. The van der Waals surface area contributed by atoms with Crippen molar-refractivity contribution >= 4 is 8.80 Å². The van der Waals surface area contributed by atoms with Crippen molar-refractivity contribution in [1.82, 2.24) is 0 Å². The number of rotatable bonds is 11. The maximum Gasteiger partial charge on any atom is 0.0399 e. The number of hydrogen-bond acceptors (Lipinski definition) is 0. The molecule has 1 saturated carbocycles. The first kappa shape index (κ1) is 16.3. The zero-order valence-corrected chi connectivity index (χ0v) is 14.2. The van der Waals surface area contributed by atoms with E-state index in [1.54, 1.807) is 50.6 Å². The van der Waals surface area contributed by atoms with Crippen molar-refractivity contribution in [1.29, 1.82) is 0 Å². The van der Waals surface area contributed by atoms with Crippen LogP contribution in [-0.4, -0.2) is 8.80 Å². The summed E-state index contributed by atoms with van der Waals surface area (Å²) in [6, 6.07) is 3.35. The van der Waals surface area contributed by atoms with Crippen LogP contribution in [0.4, 0.5) is 0 Å². The van der Waals surface area contributed by atoms with Gasteiger partial charge < -0.3 is 0 Å². The summed E-state index contributed by atoms with van der Waals surface area (Å²) in [7, 11) is -0.372. The van der Waals surface area contributed by atoms with Crippen LogP contribution < -0.4 is 0 Å². The van der Waals surface area contributed by atoms with Crippen LogP contribution in [0.1, 0.15) is 90.9 Å². The van der Waals surface area contributed by atoms with Crippen molar-refractivity contribution in [3.05, 3.63) is 0 Å². The standard InChI is InChI=1S/C17H36Si/c1-3-5-7-11-15-18(16-12-8-6-4-2)17-13-9-10-14-17/h17-18H,3-16H2,1-2H3. The second-order valence-electron chi connectivity index (χ2n) is 6.50. The molecule has 0 aromatic carbocycles. The van der Waals surface area contributed by atoms with E-state index in [1.165, 1.54) is 44.1 Å². The maximum absolute atomic E-state index is 2.33. The number of unbranched alkanes of at least 4 members (excludes halogenated alkanes) is 6. The molecular weight excluding hydrogens is 232 g/mol. The minimum atomic E-state index is -0.372. The van der Waals surface area contributed by atoms with Gasteiger partial charge in [-0.05, 0) is 5.54 Å². The van der Waals surface area contributed by atoms with Crippen molar-refractivity contribution in [2.75, 3.05) is 0 Å². The zero-order valence-electron chi connectivity index (χ0n) is 13.1. The molecule has 0 heterocycles. The Balaban J connectivity index is 2.18. The van der Waals surface area contributed by atoms with Crippen LogP contribution >= 0.6 is 0 Å². The lowest BCUT2D eigenvalue weighted by molar-refractivity contribution is 0.675. The van der Waals surface area contributed by atoms with Gasteiger partial charge in [-0.3, -0.25) is 0 Å². The fourth-order valence-electron chi connectivity index (χ4n) is 3.71. The van der Waals surface area contributed by atoms with Crippen molar-refractivity contribution < 1.29 is 0 Å². The quantitative estimate of drug-likeness (QED) is 0.304. The normalized spacial score (nSPS) is 16.8. The van der Waals surface area contributed by atoms with Gasteiger partial charge in [0.05, 0.1) is 0 Å². The minimum absolute atomic E-state index is 0.372. The Kier molecular flexibility index (Phi) is 10.0. The molecule has 18 heavy (non-hydrogen) atoms. The summed E-state index contributed by atoms with van der Waals surface area (Å²) < 4.78 is 0. The molecule has 1 fully saturated rings. The third-order valence-corrected chi connectivity index (χ3v) is 9.22. The Morgan fingerprint density at radius 1 is 0.722 bits per heavy atom. The predicted molar refractivity (Wildman–Crippen MR) is 87.3 cm³/mol. The van der Waals surface area contributed by atoms with Crippen LogP contribution in [-0.2, 0) is 0 Å². The van der Waals surface area contributed by atoms with Gasteiger partial charge in [-0.2, -0.15) is 0 Å². The summed E-state index contributed by atoms with van der Waals surface area (Å²) in [5, 5.41) is 0. The Labute approximate surface area is 118 Å². The van der Waals surface area contributed by atoms with Crippen molar-refractivity contribution in [3.8, 4) is 0 Å². The van der Waals surface area contributed by atoms with Gasteiger partial charge in [0.2, 0.25) is 0 Å². The topological polar surface area (TPSA) is 0 Å². The second-order valence-corrected chi connectivity index (χ2v) is 10.1. The summed E-state index contributed by atoms with van der Waals surface area (Å²) >= 11 is 0. The molecule has 0 unspecified atom stereocenters. The molecule has 1 aliphatic rings. The lowest BCUT2D eigenvalue weighted by Gasteiger charge is -2.22. The highest BCUT2D eigenvalue weighted by atomic mass is 28.3. The molecule has 1 rings (SSSR count). The minimum Gasteiger partial charge on any atom is -0.0654 e. The van der Waals surface area contributed by atoms with Gasteiger partial charge >= 0.3 is 0 Å². The highest BCUT2D eigenvalue weighted by Crippen LogP contribution is 2.37. The van der Waals surface area contributed by atoms with Crippen LogP contribution in [0.5, 0.6) is 0 Å². The van der Waals surface area contributed by atoms with Crippen LogP contribution in [0, 0.1) is 0 Å². The lowest BCUT2D eigenvalue weighted by atomic mass is 10.2. The van der Waals surface area contributed by atoms with E-state index in [-0.39, 0.29) is 8.80 Å². The molecule has 0 spiro atoms. The predicted octanol–water partition coefficient (Wildman–Crippen LogP) is 6.32. The molecule has 0 amide bonds. The smallest absolute Gasteiger partial charge is 0.0399 e. The van der Waals surface area contributed by atoms with E-state index in [9.17, 15) is 0 Å². The van der Waals surface area contributed by atoms with E-state index in [1.807, 2.05) is 0 Å². The first-order valence-electron chi connectivity index (χ1n) is 8.88. The molecule has 0 N–H and O–H groups in total. The zero-order chi connectivity index (χ0) is 13.1. The molecule has 0 aromatic rings. The van der Waals surface area contributed by atoms with Crippen LogP contribution in [0.25, 0.3) is 0 Å². The highest BCUT2D eigenvalue weighted by molar-refractivity contribution is 6.60. The lowest BCUT2D eigenvalue weighted by Crippen LogP contribution is -2.18. The van der Waals surface area contributed by atoms with Crippen molar-refractivity contribution in [2.24, 2.45) is 0 Å². The van der Waals surface area contributed by atoms with E-state index in [0.717, 1.165) is 0 Å². The molecule has 0 bridgehead atoms. The molecule has 0 atom stereocenters. The fraction of sp³-hybridized carbons (Fsp3) is 1.00. The molecule has 0 nitrogen and oxygen atoms in total. The molecule has 0 aromatic heterocycles. The Bertz CT molecular complexity index is 160. The monoisotopic (exact) mass is 268 g/mol. The molecule has 1 aliphatic carbocycles. The van der Waals surface area contributed by atoms with Crippen molar-refractivity contribution in [2.45, 2.75) is 109 Å². The molecule has 0 radical (unpaired) electrons. The van der Waals surface area contributed by atoms with Gasteiger partial charge in [0, 0.05) is 8.80 Å². The van der Waals surface area contributed by atoms with Crippen LogP contribution in [0.3, 0.4) is 0 Å². The third kappa shape index (κ3) is 6.97. The maximum atomic E-state index is 2.33. The first-order chi connectivity index (χ1) is 8.88. The Morgan fingerprint density at radius 2 is 1.22 bits per heavy atom. The van der Waals surface area contributed by atoms with Crippen molar-refractivity contribution in [3.63, 3.8) is 0 Å². The summed E-state index contributed by atoms with van der Waals surface area (Å²) in [5.41, 5.74) is 1.24. The van der Waals surface area contributed by atoms with Crippen LogP contribution in [0.2, 0.25) is 17.6 Å². The SMILES string of the molecule is CCCCCC[SiH](CCCCCC)C1CCCC1. The van der Waals surface area contributed by atoms with Crippen LogP contribution in [0.15, 0.2) is 0 Å². The largest absolute Gasteiger partial charge is 0.0654 e. The third-order valence-electron chi connectivity index (χ3n) is 4.92. The fourth-order valence-corrected chi connectivity index (χ4v) is 7.98. The summed E-state index contributed by atoms with van der Waals surface area (Å²) in [4.78, 5) is 0. The van der Waals surface area contributed by atoms with E-state index >= 15 is 0 Å². The Morgan fingerprint density at radius 3 is 1.67 bits per heavy atom. The van der Waals surface area contributed by atoms with Gasteiger partial charge in [0.25, 0.3) is 0 Å². The van der Waals surface area contributed by atoms with E-state index in [2.05, 4.69) is 13.8 Å². The number of hydrogen-bond donors (Lipinski definition) is 0. The van der Waals surface area contributed by atoms with Gasteiger partial charge in [-0.15, -0.1) is 0 Å². The van der Waals surface area contributed by atoms with Gasteiger partial charge in [-0.25, -0.2) is 0 Å². The summed E-state index contributed by atoms with van der Waals surface area (Å²) in [6.45, 7) is 4.66. The average Bonchev–Trinajstić information content (AvgIpc) is 2.91.